The van der Waals surface area contributed by atoms with Crippen molar-refractivity contribution < 1.29 is 18.1 Å². The number of halogens is 2. The molecule has 0 saturated carbocycles. The number of nitrogens with zero attached hydrogens (tertiary/aromatic N) is 3. The van der Waals surface area contributed by atoms with Crippen molar-refractivity contribution >= 4 is 46.1 Å². The maximum atomic E-state index is 13.7. The van der Waals surface area contributed by atoms with Crippen LogP contribution >= 0.6 is 23.4 Å². The highest BCUT2D eigenvalue weighted by Crippen LogP contribution is 2.26. The van der Waals surface area contributed by atoms with Crippen molar-refractivity contribution in [3.8, 4) is 0 Å². The minimum Gasteiger partial charge on any atom is -0.431 e. The molecule has 0 atom stereocenters. The molecule has 0 aliphatic carbocycles. The van der Waals surface area contributed by atoms with Gasteiger partial charge < -0.3 is 14.3 Å². The largest absolute Gasteiger partial charge is 0.431 e. The quantitative estimate of drug-likeness (QED) is 0.391. The summed E-state index contributed by atoms with van der Waals surface area (Å²) in [6, 6.07) is 9.85. The zero-order valence-electron chi connectivity index (χ0n) is 15.8. The Kier molecular flexibility index (Phi) is 6.01. The van der Waals surface area contributed by atoms with Crippen molar-refractivity contribution in [2.45, 2.75) is 30.7 Å². The van der Waals surface area contributed by atoms with Crippen LogP contribution in [0.5, 0.6) is 0 Å². The number of benzene rings is 2. The molecule has 1 amide bonds. The van der Waals surface area contributed by atoms with Gasteiger partial charge in [0, 0.05) is 17.9 Å². The molecule has 10 heteroatoms. The summed E-state index contributed by atoms with van der Waals surface area (Å²) in [6.45, 7) is 1.99. The summed E-state index contributed by atoms with van der Waals surface area (Å²) in [4.78, 5) is 20.7. The zero-order chi connectivity index (χ0) is 21.1. The molecule has 0 radical (unpaired) electrons. The van der Waals surface area contributed by atoms with Crippen LogP contribution in [0.25, 0.3) is 11.1 Å². The number of fused-ring (bicyclic) bond motifs is 1. The van der Waals surface area contributed by atoms with E-state index in [1.807, 2.05) is 25.1 Å². The molecule has 0 saturated heterocycles. The van der Waals surface area contributed by atoms with Gasteiger partial charge in [0.05, 0.1) is 11.4 Å². The normalized spacial score (nSPS) is 11.2. The molecule has 0 spiro atoms. The van der Waals surface area contributed by atoms with Crippen LogP contribution in [0.4, 0.5) is 10.1 Å². The molecule has 2 aromatic carbocycles. The van der Waals surface area contributed by atoms with Crippen LogP contribution < -0.4 is 5.32 Å². The van der Waals surface area contributed by atoms with Gasteiger partial charge in [-0.15, -0.1) is 0 Å². The number of hydrogen-bond donors (Lipinski definition) is 1. The van der Waals surface area contributed by atoms with Crippen molar-refractivity contribution in [3.05, 3.63) is 64.5 Å². The monoisotopic (exact) mass is 446 g/mol. The average molecular weight is 447 g/mol. The average Bonchev–Trinajstić information content (AvgIpc) is 3.33. The van der Waals surface area contributed by atoms with E-state index in [2.05, 4.69) is 20.4 Å². The Bertz CT molecular complexity index is 1210. The number of carbonyl (C=O) groups is 1. The van der Waals surface area contributed by atoms with Gasteiger partial charge in [-0.05, 0) is 42.8 Å². The Morgan fingerprint density at radius 2 is 2.10 bits per heavy atom. The predicted molar refractivity (Wildman–Crippen MR) is 111 cm³/mol. The molecule has 0 bridgehead atoms. The van der Waals surface area contributed by atoms with Crippen LogP contribution in [0.3, 0.4) is 0 Å². The number of thioether (sulfide) groups is 1. The molecule has 0 aliphatic rings. The maximum Gasteiger partial charge on any atom is 0.257 e. The van der Waals surface area contributed by atoms with Crippen LogP contribution in [0.15, 0.2) is 50.6 Å². The third kappa shape index (κ3) is 4.98. The third-order valence-corrected chi connectivity index (χ3v) is 5.19. The molecule has 154 valence electrons. The summed E-state index contributed by atoms with van der Waals surface area (Å²) >= 11 is 7.05. The van der Waals surface area contributed by atoms with E-state index in [4.69, 9.17) is 20.5 Å². The molecule has 4 aromatic rings. The smallest absolute Gasteiger partial charge is 0.257 e. The fourth-order valence-electron chi connectivity index (χ4n) is 2.68. The molecule has 0 aliphatic heterocycles. The van der Waals surface area contributed by atoms with Gasteiger partial charge in [-0.25, -0.2) is 9.37 Å². The fraction of sp³-hybridized carbons (Fsp3) is 0.200. The second-order valence-electron chi connectivity index (χ2n) is 6.52. The number of aryl methyl sites for hydroxylation is 2. The summed E-state index contributed by atoms with van der Waals surface area (Å²) < 4.78 is 24.6. The van der Waals surface area contributed by atoms with Gasteiger partial charge in [0.15, 0.2) is 11.4 Å². The Labute approximate surface area is 180 Å². The lowest BCUT2D eigenvalue weighted by molar-refractivity contribution is -0.116. The molecule has 4 rings (SSSR count). The minimum atomic E-state index is -0.595. The van der Waals surface area contributed by atoms with E-state index in [0.717, 1.165) is 22.7 Å². The van der Waals surface area contributed by atoms with Gasteiger partial charge in [0.2, 0.25) is 11.8 Å². The molecule has 2 heterocycles. The highest BCUT2D eigenvalue weighted by Gasteiger charge is 2.13. The van der Waals surface area contributed by atoms with Crippen LogP contribution in [-0.2, 0) is 17.0 Å². The van der Waals surface area contributed by atoms with Crippen LogP contribution in [0.1, 0.15) is 23.7 Å². The summed E-state index contributed by atoms with van der Waals surface area (Å²) in [6.07, 6.45) is 0.308. The van der Waals surface area contributed by atoms with E-state index >= 15 is 0 Å². The van der Waals surface area contributed by atoms with E-state index in [-0.39, 0.29) is 29.5 Å². The van der Waals surface area contributed by atoms with Gasteiger partial charge in [-0.1, -0.05) is 34.6 Å². The van der Waals surface area contributed by atoms with Gasteiger partial charge >= 0.3 is 0 Å². The van der Waals surface area contributed by atoms with E-state index in [9.17, 15) is 9.18 Å². The number of aromatic nitrogens is 3. The minimum absolute atomic E-state index is 0.0700. The molecule has 30 heavy (non-hydrogen) atoms. The number of rotatable bonds is 7. The van der Waals surface area contributed by atoms with Crippen molar-refractivity contribution in [2.24, 2.45) is 0 Å². The Balaban J connectivity index is 1.28. The number of hydrogen-bond acceptors (Lipinski definition) is 7. The number of oxazole rings is 1. The first kappa shape index (κ1) is 20.4. The second kappa shape index (κ2) is 8.85. The molecular formula is C20H16ClFN4O3S. The van der Waals surface area contributed by atoms with Crippen molar-refractivity contribution in [3.63, 3.8) is 0 Å². The topological polar surface area (TPSA) is 94.0 Å². The number of carbonyl (C=O) groups excluding carboxylic acids is 1. The maximum absolute atomic E-state index is 13.7. The summed E-state index contributed by atoms with van der Waals surface area (Å²) in [7, 11) is 0. The molecule has 7 nitrogen and oxygen atoms in total. The van der Waals surface area contributed by atoms with Crippen molar-refractivity contribution in [2.75, 3.05) is 5.32 Å². The van der Waals surface area contributed by atoms with E-state index < -0.39 is 5.82 Å². The first-order chi connectivity index (χ1) is 14.5. The first-order valence-corrected chi connectivity index (χ1v) is 10.4. The highest BCUT2D eigenvalue weighted by atomic mass is 35.5. The molecule has 2 aromatic heterocycles. The lowest BCUT2D eigenvalue weighted by Gasteiger charge is -2.05. The Hall–Kier alpha value is -2.91. The van der Waals surface area contributed by atoms with E-state index in [1.54, 1.807) is 0 Å². The van der Waals surface area contributed by atoms with Crippen molar-refractivity contribution in [1.29, 1.82) is 0 Å². The predicted octanol–water partition coefficient (Wildman–Crippen LogP) is 5.18. The van der Waals surface area contributed by atoms with Gasteiger partial charge in [-0.2, -0.15) is 4.98 Å². The Morgan fingerprint density at radius 1 is 1.23 bits per heavy atom. The van der Waals surface area contributed by atoms with Gasteiger partial charge in [0.1, 0.15) is 11.3 Å². The lowest BCUT2D eigenvalue weighted by Crippen LogP contribution is -2.13. The lowest BCUT2D eigenvalue weighted by atomic mass is 10.2. The highest BCUT2D eigenvalue weighted by molar-refractivity contribution is 7.98. The van der Waals surface area contributed by atoms with Gasteiger partial charge in [-0.3, -0.25) is 4.79 Å². The first-order valence-electron chi connectivity index (χ1n) is 9.02. The molecule has 0 fully saturated rings. The third-order valence-electron chi connectivity index (χ3n) is 4.13. The Morgan fingerprint density at radius 3 is 2.93 bits per heavy atom. The SMILES string of the molecule is Cc1ccc2oc(SCc3noc(CCC(=O)Nc4ccc(Cl)cc4F)n3)nc2c1. The van der Waals surface area contributed by atoms with E-state index in [0.29, 0.717) is 22.7 Å². The van der Waals surface area contributed by atoms with Crippen molar-refractivity contribution in [1.82, 2.24) is 15.1 Å². The van der Waals surface area contributed by atoms with E-state index in [1.165, 1.54) is 23.9 Å². The summed E-state index contributed by atoms with van der Waals surface area (Å²) in [5.41, 5.74) is 2.70. The molecule has 0 unspecified atom stereocenters. The summed E-state index contributed by atoms with van der Waals surface area (Å²) in [5, 5.41) is 7.17. The summed E-state index contributed by atoms with van der Waals surface area (Å²) in [5.74, 6) is 0.245. The van der Waals surface area contributed by atoms with Crippen LogP contribution in [0, 0.1) is 12.7 Å². The zero-order valence-corrected chi connectivity index (χ0v) is 17.4. The number of nitrogens with one attached hydrogen (secondary N) is 1. The second-order valence-corrected chi connectivity index (χ2v) is 7.88. The molecule has 1 N–H and O–H groups in total. The standard InChI is InChI=1S/C20H16ClFN4O3S/c1-11-2-5-16-15(8-11)24-20(28-16)30-10-17-25-19(29-26-17)7-6-18(27)23-14-4-3-12(21)9-13(14)22/h2-5,8-9H,6-7,10H2,1H3,(H,23,27). The van der Waals surface area contributed by atoms with Gasteiger partial charge in [0.25, 0.3) is 5.22 Å². The number of amides is 1. The fourth-order valence-corrected chi connectivity index (χ4v) is 3.52. The molecular weight excluding hydrogens is 431 g/mol. The van der Waals surface area contributed by atoms with Crippen LogP contribution in [0.2, 0.25) is 5.02 Å². The number of anilines is 1. The van der Waals surface area contributed by atoms with Crippen LogP contribution in [-0.4, -0.2) is 21.0 Å².